The summed E-state index contributed by atoms with van der Waals surface area (Å²) in [4.78, 5) is 27.6. The summed E-state index contributed by atoms with van der Waals surface area (Å²) < 4.78 is 0. The van der Waals surface area contributed by atoms with Gasteiger partial charge in [0.15, 0.2) is 0 Å². The van der Waals surface area contributed by atoms with Crippen LogP contribution >= 0.6 is 11.6 Å². The first-order valence-corrected chi connectivity index (χ1v) is 13.0. The molecular weight excluding hydrogens is 482 g/mol. The molecule has 4 aromatic rings. The zero-order chi connectivity index (χ0) is 25.4. The Balaban J connectivity index is 1.37. The van der Waals surface area contributed by atoms with Gasteiger partial charge in [-0.25, -0.2) is 0 Å². The van der Waals surface area contributed by atoms with Crippen molar-refractivity contribution >= 4 is 45.5 Å². The molecule has 0 radical (unpaired) electrons. The van der Waals surface area contributed by atoms with Gasteiger partial charge in [-0.3, -0.25) is 19.7 Å². The fraction of sp³-hybridized carbons (Fsp3) is 0.233. The van der Waals surface area contributed by atoms with Crippen LogP contribution in [0, 0.1) is 0 Å². The molecule has 1 unspecified atom stereocenters. The largest absolute Gasteiger partial charge is 0.325 e. The normalized spacial score (nSPS) is 18.7. The summed E-state index contributed by atoms with van der Waals surface area (Å²) in [7, 11) is 2.17. The lowest BCUT2D eigenvalue weighted by molar-refractivity contribution is -0.115. The van der Waals surface area contributed by atoms with E-state index in [0.717, 1.165) is 66.1 Å². The number of piperazine rings is 1. The predicted octanol–water partition coefficient (Wildman–Crippen LogP) is 5.49. The highest BCUT2D eigenvalue weighted by atomic mass is 35.5. The fourth-order valence-corrected chi connectivity index (χ4v) is 5.29. The predicted molar refractivity (Wildman–Crippen MR) is 150 cm³/mol. The van der Waals surface area contributed by atoms with Crippen LogP contribution in [0.3, 0.4) is 0 Å². The minimum atomic E-state index is -0.536. The first kappa shape index (κ1) is 23.8. The second kappa shape index (κ2) is 10.1. The zero-order valence-corrected chi connectivity index (χ0v) is 21.4. The molecule has 1 amide bonds. The highest BCUT2D eigenvalue weighted by Crippen LogP contribution is 2.38. The summed E-state index contributed by atoms with van der Waals surface area (Å²) in [5.74, 6) is -0.639. The molecule has 186 valence electrons. The van der Waals surface area contributed by atoms with Crippen molar-refractivity contribution in [1.82, 2.24) is 14.8 Å². The SMILES string of the molecule is CN1CCN(Cc2ccc(N=C(c3ccc4ncccc4c3)C3C(=O)Nc4cc(Cl)ccc43)cc2)CC1. The molecule has 2 aliphatic heterocycles. The number of nitrogens with zero attached hydrogens (tertiary/aromatic N) is 4. The van der Waals surface area contributed by atoms with E-state index in [1.54, 1.807) is 12.3 Å². The molecule has 6 rings (SSSR count). The van der Waals surface area contributed by atoms with Gasteiger partial charge in [0, 0.05) is 55.0 Å². The van der Waals surface area contributed by atoms with Gasteiger partial charge in [-0.1, -0.05) is 41.9 Å². The van der Waals surface area contributed by atoms with Crippen molar-refractivity contribution < 1.29 is 4.79 Å². The fourth-order valence-electron chi connectivity index (χ4n) is 5.12. The van der Waals surface area contributed by atoms with Gasteiger partial charge < -0.3 is 10.2 Å². The molecule has 1 aromatic heterocycles. The van der Waals surface area contributed by atoms with Gasteiger partial charge in [-0.05, 0) is 66.2 Å². The van der Waals surface area contributed by atoms with Gasteiger partial charge in [0.05, 0.1) is 16.9 Å². The third kappa shape index (κ3) is 5.01. The third-order valence-electron chi connectivity index (χ3n) is 7.21. The molecule has 6 nitrogen and oxygen atoms in total. The number of fused-ring (bicyclic) bond motifs is 2. The summed E-state index contributed by atoms with van der Waals surface area (Å²) in [5.41, 5.74) is 6.20. The summed E-state index contributed by atoms with van der Waals surface area (Å²) >= 11 is 6.21. The number of pyridine rings is 1. The number of aliphatic imine (C=N–C) groups is 1. The topological polar surface area (TPSA) is 60.8 Å². The molecule has 37 heavy (non-hydrogen) atoms. The van der Waals surface area contributed by atoms with Gasteiger partial charge in [0.2, 0.25) is 5.91 Å². The first-order chi connectivity index (χ1) is 18.0. The number of amides is 1. The number of hydrogen-bond donors (Lipinski definition) is 1. The highest BCUT2D eigenvalue weighted by molar-refractivity contribution is 6.31. The molecule has 1 atom stereocenters. The Morgan fingerprint density at radius 2 is 1.84 bits per heavy atom. The number of anilines is 1. The minimum Gasteiger partial charge on any atom is -0.325 e. The second-order valence-electron chi connectivity index (χ2n) is 9.81. The Bertz CT molecular complexity index is 1490. The highest BCUT2D eigenvalue weighted by Gasteiger charge is 2.35. The Morgan fingerprint density at radius 1 is 1.03 bits per heavy atom. The number of rotatable bonds is 5. The molecule has 1 N–H and O–H groups in total. The maximum atomic E-state index is 13.3. The van der Waals surface area contributed by atoms with Crippen molar-refractivity contribution in [2.75, 3.05) is 38.5 Å². The lowest BCUT2D eigenvalue weighted by Gasteiger charge is -2.32. The molecule has 1 saturated heterocycles. The second-order valence-corrected chi connectivity index (χ2v) is 10.2. The average molecular weight is 510 g/mol. The molecule has 0 saturated carbocycles. The zero-order valence-electron chi connectivity index (χ0n) is 20.7. The summed E-state index contributed by atoms with van der Waals surface area (Å²) in [6.07, 6.45) is 1.78. The van der Waals surface area contributed by atoms with Crippen LogP contribution in [0.4, 0.5) is 11.4 Å². The maximum absolute atomic E-state index is 13.3. The van der Waals surface area contributed by atoms with Crippen LogP contribution in [0.15, 0.2) is 84.0 Å². The molecule has 0 spiro atoms. The number of hydrogen-bond acceptors (Lipinski definition) is 5. The minimum absolute atomic E-state index is 0.103. The van der Waals surface area contributed by atoms with Crippen LogP contribution in [0.25, 0.3) is 10.9 Å². The molecule has 2 aliphatic rings. The number of carbonyl (C=O) groups excluding carboxylic acids is 1. The monoisotopic (exact) mass is 509 g/mol. The Morgan fingerprint density at radius 3 is 2.65 bits per heavy atom. The molecule has 3 heterocycles. The number of nitrogens with one attached hydrogen (secondary N) is 1. The molecule has 7 heteroatoms. The molecule has 3 aromatic carbocycles. The van der Waals surface area contributed by atoms with Crippen LogP contribution < -0.4 is 5.32 Å². The van der Waals surface area contributed by atoms with Gasteiger partial charge in [-0.15, -0.1) is 0 Å². The lowest BCUT2D eigenvalue weighted by Crippen LogP contribution is -2.43. The Hall–Kier alpha value is -3.58. The van der Waals surface area contributed by atoms with E-state index in [9.17, 15) is 4.79 Å². The number of likely N-dealkylation sites (N-methyl/N-ethyl adjacent to an activating group) is 1. The lowest BCUT2D eigenvalue weighted by atomic mass is 9.90. The van der Waals surface area contributed by atoms with Gasteiger partial charge in [-0.2, -0.15) is 0 Å². The van der Waals surface area contributed by atoms with E-state index < -0.39 is 5.92 Å². The Kier molecular flexibility index (Phi) is 6.47. The van der Waals surface area contributed by atoms with Crippen LogP contribution in [0.5, 0.6) is 0 Å². The van der Waals surface area contributed by atoms with Crippen molar-refractivity contribution in [3.05, 3.63) is 101 Å². The standard InChI is InChI=1S/C30H28ClN5O/c1-35-13-15-36(16-14-35)19-20-4-8-24(9-5-20)33-29(22-6-11-26-21(17-22)3-2-12-32-26)28-25-10-7-23(31)18-27(25)34-30(28)37/h2-12,17-18,28H,13-16,19H2,1H3,(H,34,37). The summed E-state index contributed by atoms with van der Waals surface area (Å²) in [6, 6.07) is 23.9. The van der Waals surface area contributed by atoms with Crippen molar-refractivity contribution in [3.8, 4) is 0 Å². The van der Waals surface area contributed by atoms with E-state index in [1.807, 2.05) is 48.5 Å². The first-order valence-electron chi connectivity index (χ1n) is 12.6. The maximum Gasteiger partial charge on any atom is 0.238 e. The van der Waals surface area contributed by atoms with E-state index in [2.05, 4.69) is 45.3 Å². The van der Waals surface area contributed by atoms with Crippen LogP contribution in [0.2, 0.25) is 5.02 Å². The molecular formula is C30H28ClN5O. The van der Waals surface area contributed by atoms with E-state index in [-0.39, 0.29) is 5.91 Å². The molecule has 0 bridgehead atoms. The van der Waals surface area contributed by atoms with Gasteiger partial charge in [0.1, 0.15) is 5.92 Å². The van der Waals surface area contributed by atoms with E-state index >= 15 is 0 Å². The van der Waals surface area contributed by atoms with Gasteiger partial charge in [0.25, 0.3) is 0 Å². The van der Waals surface area contributed by atoms with Crippen LogP contribution in [-0.4, -0.2) is 59.6 Å². The summed E-state index contributed by atoms with van der Waals surface area (Å²) in [5, 5.41) is 4.59. The smallest absolute Gasteiger partial charge is 0.238 e. The third-order valence-corrected chi connectivity index (χ3v) is 7.44. The number of halogens is 1. The van der Waals surface area contributed by atoms with Gasteiger partial charge >= 0.3 is 0 Å². The van der Waals surface area contributed by atoms with Crippen molar-refractivity contribution in [1.29, 1.82) is 0 Å². The van der Waals surface area contributed by atoms with Crippen molar-refractivity contribution in [2.24, 2.45) is 4.99 Å². The molecule has 1 fully saturated rings. The van der Waals surface area contributed by atoms with Crippen LogP contribution in [0.1, 0.15) is 22.6 Å². The number of benzene rings is 3. The number of carbonyl (C=O) groups is 1. The average Bonchev–Trinajstić information content (AvgIpc) is 3.23. The van der Waals surface area contributed by atoms with E-state index in [1.165, 1.54) is 5.56 Å². The number of aromatic nitrogens is 1. The quantitative estimate of drug-likeness (QED) is 0.361. The van der Waals surface area contributed by atoms with Crippen molar-refractivity contribution in [3.63, 3.8) is 0 Å². The van der Waals surface area contributed by atoms with Crippen molar-refractivity contribution in [2.45, 2.75) is 12.5 Å². The van der Waals surface area contributed by atoms with E-state index in [4.69, 9.17) is 16.6 Å². The van der Waals surface area contributed by atoms with Crippen LogP contribution in [-0.2, 0) is 11.3 Å². The summed E-state index contributed by atoms with van der Waals surface area (Å²) in [6.45, 7) is 5.29. The molecule has 0 aliphatic carbocycles. The Labute approximate surface area is 221 Å². The van der Waals surface area contributed by atoms with E-state index in [0.29, 0.717) is 10.7 Å².